The van der Waals surface area contributed by atoms with Crippen LogP contribution < -0.4 is 15.4 Å². The molecular weight excluding hydrogens is 400 g/mol. The summed E-state index contributed by atoms with van der Waals surface area (Å²) in [6.45, 7) is 3.74. The van der Waals surface area contributed by atoms with Gasteiger partial charge in [0.2, 0.25) is 0 Å². The van der Waals surface area contributed by atoms with E-state index in [1.165, 1.54) is 0 Å². The summed E-state index contributed by atoms with van der Waals surface area (Å²) in [5, 5.41) is 11.6. The number of nitrogens with zero attached hydrogens (tertiary/aromatic N) is 2. The summed E-state index contributed by atoms with van der Waals surface area (Å²) >= 11 is 6.22. The summed E-state index contributed by atoms with van der Waals surface area (Å²) in [4.78, 5) is 13.2. The van der Waals surface area contributed by atoms with E-state index < -0.39 is 0 Å². The molecule has 2 N–H and O–H groups in total. The molecule has 1 aromatic heterocycles. The molecule has 0 bridgehead atoms. The van der Waals surface area contributed by atoms with Gasteiger partial charge in [0.15, 0.2) is 0 Å². The second-order valence-corrected chi connectivity index (χ2v) is 7.85. The molecule has 0 spiro atoms. The van der Waals surface area contributed by atoms with Crippen LogP contribution in [0.1, 0.15) is 40.4 Å². The minimum atomic E-state index is -0.173. The zero-order chi connectivity index (χ0) is 21.1. The molecule has 4 rings (SSSR count). The van der Waals surface area contributed by atoms with E-state index in [1.807, 2.05) is 54.1 Å². The van der Waals surface area contributed by atoms with Gasteiger partial charge in [-0.1, -0.05) is 17.7 Å². The highest BCUT2D eigenvalue weighted by Crippen LogP contribution is 2.32. The molecule has 1 saturated heterocycles. The predicted octanol–water partition coefficient (Wildman–Crippen LogP) is 4.56. The number of amides is 1. The van der Waals surface area contributed by atoms with Crippen molar-refractivity contribution >= 4 is 23.2 Å². The molecule has 1 amide bonds. The predicted molar refractivity (Wildman–Crippen MR) is 119 cm³/mol. The third-order valence-electron chi connectivity index (χ3n) is 5.61. The van der Waals surface area contributed by atoms with Crippen LogP contribution in [0.5, 0.6) is 5.75 Å². The van der Waals surface area contributed by atoms with Crippen LogP contribution in [0.2, 0.25) is 5.02 Å². The zero-order valence-electron chi connectivity index (χ0n) is 17.1. The van der Waals surface area contributed by atoms with E-state index in [0.29, 0.717) is 16.3 Å². The Hall–Kier alpha value is -2.83. The maximum Gasteiger partial charge on any atom is 0.259 e. The van der Waals surface area contributed by atoms with Gasteiger partial charge in [-0.2, -0.15) is 5.10 Å². The Morgan fingerprint density at radius 3 is 2.63 bits per heavy atom. The number of carbonyl (C=O) groups is 1. The highest BCUT2D eigenvalue weighted by molar-refractivity contribution is 6.31. The second kappa shape index (κ2) is 8.90. The largest absolute Gasteiger partial charge is 0.497 e. The van der Waals surface area contributed by atoms with Gasteiger partial charge in [0, 0.05) is 16.6 Å². The van der Waals surface area contributed by atoms with Crippen LogP contribution in [0.3, 0.4) is 0 Å². The molecule has 0 unspecified atom stereocenters. The monoisotopic (exact) mass is 424 g/mol. The van der Waals surface area contributed by atoms with Gasteiger partial charge < -0.3 is 15.4 Å². The van der Waals surface area contributed by atoms with Crippen LogP contribution in [-0.4, -0.2) is 35.9 Å². The Bertz CT molecular complexity index is 1040. The minimum Gasteiger partial charge on any atom is -0.497 e. The van der Waals surface area contributed by atoms with Crippen molar-refractivity contribution < 1.29 is 9.53 Å². The Labute approximate surface area is 181 Å². The van der Waals surface area contributed by atoms with E-state index in [2.05, 4.69) is 15.7 Å². The van der Waals surface area contributed by atoms with Crippen molar-refractivity contribution in [1.29, 1.82) is 0 Å². The van der Waals surface area contributed by atoms with Gasteiger partial charge in [-0.15, -0.1) is 0 Å². The first kappa shape index (κ1) is 20.4. The van der Waals surface area contributed by atoms with E-state index >= 15 is 0 Å². The molecule has 0 radical (unpaired) electrons. The fourth-order valence-corrected chi connectivity index (χ4v) is 4.06. The SMILES string of the molecule is COc1ccc(-n2ncc(C(=O)Nc3cccc(Cl)c3C)c2C2CCNCC2)cc1. The third kappa shape index (κ3) is 4.06. The second-order valence-electron chi connectivity index (χ2n) is 7.44. The van der Waals surface area contributed by atoms with Crippen LogP contribution in [0.25, 0.3) is 5.69 Å². The molecule has 1 aliphatic heterocycles. The lowest BCUT2D eigenvalue weighted by Crippen LogP contribution is -2.29. The summed E-state index contributed by atoms with van der Waals surface area (Å²) in [5.74, 6) is 0.856. The van der Waals surface area contributed by atoms with Gasteiger partial charge in [-0.25, -0.2) is 4.68 Å². The Morgan fingerprint density at radius 1 is 1.20 bits per heavy atom. The average Bonchev–Trinajstić information content (AvgIpc) is 3.23. The maximum atomic E-state index is 13.2. The first-order valence-corrected chi connectivity index (χ1v) is 10.5. The summed E-state index contributed by atoms with van der Waals surface area (Å²) < 4.78 is 7.15. The van der Waals surface area contributed by atoms with Crippen LogP contribution in [-0.2, 0) is 0 Å². The lowest BCUT2D eigenvalue weighted by atomic mass is 9.91. The molecule has 30 heavy (non-hydrogen) atoms. The maximum absolute atomic E-state index is 13.2. The van der Waals surface area contributed by atoms with E-state index in [4.69, 9.17) is 16.3 Å². The van der Waals surface area contributed by atoms with Gasteiger partial charge in [-0.05, 0) is 74.8 Å². The number of methoxy groups -OCH3 is 1. The first-order chi connectivity index (χ1) is 14.6. The van der Waals surface area contributed by atoms with Gasteiger partial charge in [0.05, 0.1) is 30.3 Å². The molecule has 0 atom stereocenters. The molecule has 2 aromatic carbocycles. The minimum absolute atomic E-state index is 0.173. The number of hydrogen-bond acceptors (Lipinski definition) is 4. The Kier molecular flexibility index (Phi) is 6.06. The van der Waals surface area contributed by atoms with E-state index in [-0.39, 0.29) is 11.8 Å². The fourth-order valence-electron chi connectivity index (χ4n) is 3.88. The molecule has 0 aliphatic carbocycles. The summed E-state index contributed by atoms with van der Waals surface area (Å²) in [6, 6.07) is 13.2. The number of rotatable bonds is 5. The smallest absolute Gasteiger partial charge is 0.259 e. The van der Waals surface area contributed by atoms with Crippen molar-refractivity contribution in [2.24, 2.45) is 0 Å². The highest BCUT2D eigenvalue weighted by atomic mass is 35.5. The number of piperidine rings is 1. The summed E-state index contributed by atoms with van der Waals surface area (Å²) in [6.07, 6.45) is 3.58. The lowest BCUT2D eigenvalue weighted by molar-refractivity contribution is 0.102. The number of halogens is 1. The molecule has 2 heterocycles. The van der Waals surface area contributed by atoms with Gasteiger partial charge in [0.1, 0.15) is 5.75 Å². The molecule has 1 aliphatic rings. The molecule has 6 nitrogen and oxygen atoms in total. The van der Waals surface area contributed by atoms with Gasteiger partial charge in [-0.3, -0.25) is 4.79 Å². The number of anilines is 1. The molecule has 1 fully saturated rings. The van der Waals surface area contributed by atoms with E-state index in [1.54, 1.807) is 13.3 Å². The molecular formula is C23H25ClN4O2. The van der Waals surface area contributed by atoms with Crippen molar-refractivity contribution in [3.63, 3.8) is 0 Å². The topological polar surface area (TPSA) is 68.2 Å². The third-order valence-corrected chi connectivity index (χ3v) is 6.02. The van der Waals surface area contributed by atoms with Gasteiger partial charge >= 0.3 is 0 Å². The normalized spacial score (nSPS) is 14.5. The van der Waals surface area contributed by atoms with Crippen molar-refractivity contribution in [1.82, 2.24) is 15.1 Å². The van der Waals surface area contributed by atoms with Crippen molar-refractivity contribution in [3.05, 3.63) is 70.5 Å². The Morgan fingerprint density at radius 2 is 1.93 bits per heavy atom. The average molecular weight is 425 g/mol. The Balaban J connectivity index is 1.72. The summed E-state index contributed by atoms with van der Waals surface area (Å²) in [7, 11) is 1.64. The number of aromatic nitrogens is 2. The number of hydrogen-bond donors (Lipinski definition) is 2. The molecule has 3 aromatic rings. The molecule has 0 saturated carbocycles. The number of ether oxygens (including phenoxy) is 1. The first-order valence-electron chi connectivity index (χ1n) is 10.1. The van der Waals surface area contributed by atoms with Crippen LogP contribution in [0.4, 0.5) is 5.69 Å². The van der Waals surface area contributed by atoms with Crippen molar-refractivity contribution in [3.8, 4) is 11.4 Å². The standard InChI is InChI=1S/C23H25ClN4O2/c1-15-20(24)4-3-5-21(15)27-23(29)19-14-26-28(17-6-8-18(30-2)9-7-17)22(19)16-10-12-25-13-11-16/h3-9,14,16,25H,10-13H2,1-2H3,(H,27,29). The molecule has 156 valence electrons. The van der Waals surface area contributed by atoms with Crippen LogP contribution >= 0.6 is 11.6 Å². The zero-order valence-corrected chi connectivity index (χ0v) is 17.9. The number of nitrogens with one attached hydrogen (secondary N) is 2. The van der Waals surface area contributed by atoms with Crippen LogP contribution in [0.15, 0.2) is 48.7 Å². The quantitative estimate of drug-likeness (QED) is 0.629. The van der Waals surface area contributed by atoms with E-state index in [9.17, 15) is 4.79 Å². The van der Waals surface area contributed by atoms with Gasteiger partial charge in [0.25, 0.3) is 5.91 Å². The number of carbonyl (C=O) groups excluding carboxylic acids is 1. The van der Waals surface area contributed by atoms with E-state index in [0.717, 1.165) is 48.6 Å². The van der Waals surface area contributed by atoms with Crippen LogP contribution in [0, 0.1) is 6.92 Å². The van der Waals surface area contributed by atoms with Crippen molar-refractivity contribution in [2.75, 3.05) is 25.5 Å². The van der Waals surface area contributed by atoms with Crippen molar-refractivity contribution in [2.45, 2.75) is 25.7 Å². The molecule has 7 heteroatoms. The highest BCUT2D eigenvalue weighted by Gasteiger charge is 2.27. The lowest BCUT2D eigenvalue weighted by Gasteiger charge is -2.25. The fraction of sp³-hybridized carbons (Fsp3) is 0.304. The number of benzene rings is 2. The summed E-state index contributed by atoms with van der Waals surface area (Å²) in [5.41, 5.74) is 4.00.